The molecule has 1 unspecified atom stereocenters. The lowest BCUT2D eigenvalue weighted by molar-refractivity contribution is 0.926. The van der Waals surface area contributed by atoms with Gasteiger partial charge in [0.05, 0.1) is 17.1 Å². The molecule has 2 aromatic rings. The SMILES string of the molecule is C=C/C(=C\C=C/C(C)N)c1cc(-c2ccccn2)cc(C2=CCCC=C2)n1.CC. The lowest BCUT2D eigenvalue weighted by Gasteiger charge is -2.12. The average Bonchev–Trinajstić information content (AvgIpc) is 2.79. The van der Waals surface area contributed by atoms with Crippen LogP contribution < -0.4 is 5.73 Å². The molecule has 0 radical (unpaired) electrons. The van der Waals surface area contributed by atoms with Crippen LogP contribution in [-0.4, -0.2) is 16.0 Å². The lowest BCUT2D eigenvalue weighted by atomic mass is 9.99. The van der Waals surface area contributed by atoms with E-state index in [1.807, 2.05) is 69.5 Å². The second-order valence-electron chi connectivity index (χ2n) is 6.55. The standard InChI is InChI=1S/C24H25N3.C2H6/c1-3-19(13-9-10-18(2)25)23-16-21(22-14-7-8-15-26-22)17-24(27-23)20-11-5-4-6-12-20;1-2/h3,5,7-18H,1,4,6,25H2,2H3;1-2H3/b10-9-,19-13+;. The predicted octanol–water partition coefficient (Wildman–Crippen LogP) is 6.38. The molecule has 3 rings (SSSR count). The van der Waals surface area contributed by atoms with Crippen LogP contribution in [-0.2, 0) is 0 Å². The Balaban J connectivity index is 0.00000145. The zero-order chi connectivity index (χ0) is 21.1. The Hall–Kier alpha value is -3.04. The maximum absolute atomic E-state index is 5.80. The Bertz CT molecular complexity index is 916. The number of pyridine rings is 2. The van der Waals surface area contributed by atoms with Crippen molar-refractivity contribution in [1.82, 2.24) is 9.97 Å². The Labute approximate surface area is 175 Å². The predicted molar refractivity (Wildman–Crippen MR) is 126 cm³/mol. The number of aromatic nitrogens is 2. The fourth-order valence-corrected chi connectivity index (χ4v) is 2.90. The van der Waals surface area contributed by atoms with Gasteiger partial charge in [-0.3, -0.25) is 4.98 Å². The first-order chi connectivity index (χ1) is 14.2. The summed E-state index contributed by atoms with van der Waals surface area (Å²) in [5, 5.41) is 0. The molecule has 1 atom stereocenters. The molecule has 0 aliphatic heterocycles. The molecule has 0 saturated heterocycles. The van der Waals surface area contributed by atoms with Gasteiger partial charge in [0.15, 0.2) is 0 Å². The van der Waals surface area contributed by atoms with Crippen molar-refractivity contribution < 1.29 is 0 Å². The summed E-state index contributed by atoms with van der Waals surface area (Å²) in [4.78, 5) is 9.41. The third-order valence-electron chi connectivity index (χ3n) is 4.28. The third kappa shape index (κ3) is 6.51. The van der Waals surface area contributed by atoms with Gasteiger partial charge >= 0.3 is 0 Å². The Morgan fingerprint density at radius 2 is 2.00 bits per heavy atom. The topological polar surface area (TPSA) is 51.8 Å². The number of rotatable bonds is 6. The van der Waals surface area contributed by atoms with Crippen LogP contribution in [0.3, 0.4) is 0 Å². The number of hydrogen-bond acceptors (Lipinski definition) is 3. The molecule has 29 heavy (non-hydrogen) atoms. The first-order valence-corrected chi connectivity index (χ1v) is 10.2. The Morgan fingerprint density at radius 3 is 2.62 bits per heavy atom. The molecule has 150 valence electrons. The molecule has 0 aromatic carbocycles. The summed E-state index contributed by atoms with van der Waals surface area (Å²) in [6, 6.07) is 10.1. The fraction of sp³-hybridized carbons (Fsp3) is 0.231. The molecule has 0 spiro atoms. The minimum Gasteiger partial charge on any atom is -0.325 e. The van der Waals surface area contributed by atoms with E-state index in [-0.39, 0.29) is 6.04 Å². The van der Waals surface area contributed by atoms with Crippen molar-refractivity contribution in [3.63, 3.8) is 0 Å². The highest BCUT2D eigenvalue weighted by molar-refractivity contribution is 5.80. The summed E-state index contributed by atoms with van der Waals surface area (Å²) in [5.41, 5.74) is 11.7. The monoisotopic (exact) mass is 385 g/mol. The van der Waals surface area contributed by atoms with Crippen LogP contribution in [0.2, 0.25) is 0 Å². The molecule has 1 aliphatic rings. The molecule has 2 N–H and O–H groups in total. The van der Waals surface area contributed by atoms with Crippen LogP contribution >= 0.6 is 0 Å². The van der Waals surface area contributed by atoms with Crippen molar-refractivity contribution in [3.8, 4) is 11.3 Å². The van der Waals surface area contributed by atoms with Crippen LogP contribution in [0.5, 0.6) is 0 Å². The van der Waals surface area contributed by atoms with Crippen molar-refractivity contribution in [2.75, 3.05) is 0 Å². The van der Waals surface area contributed by atoms with Crippen LogP contribution in [0.4, 0.5) is 0 Å². The molecular formula is C26H31N3. The van der Waals surface area contributed by atoms with E-state index in [1.54, 1.807) is 0 Å². The highest BCUT2D eigenvalue weighted by Crippen LogP contribution is 2.28. The van der Waals surface area contributed by atoms with Crippen molar-refractivity contribution >= 4 is 11.1 Å². The molecule has 3 nitrogen and oxygen atoms in total. The van der Waals surface area contributed by atoms with Gasteiger partial charge in [0.1, 0.15) is 0 Å². The van der Waals surface area contributed by atoms with E-state index in [9.17, 15) is 0 Å². The molecule has 0 bridgehead atoms. The van der Waals surface area contributed by atoms with Crippen molar-refractivity contribution in [3.05, 3.63) is 97.0 Å². The van der Waals surface area contributed by atoms with E-state index in [2.05, 4.69) is 41.9 Å². The van der Waals surface area contributed by atoms with Crippen molar-refractivity contribution in [2.45, 2.75) is 39.7 Å². The van der Waals surface area contributed by atoms with Gasteiger partial charge in [0.25, 0.3) is 0 Å². The van der Waals surface area contributed by atoms with Gasteiger partial charge in [0.2, 0.25) is 0 Å². The minimum atomic E-state index is 0.00761. The number of allylic oxidation sites excluding steroid dienone is 8. The van der Waals surface area contributed by atoms with E-state index < -0.39 is 0 Å². The van der Waals surface area contributed by atoms with Gasteiger partial charge in [-0.25, -0.2) is 4.98 Å². The van der Waals surface area contributed by atoms with E-state index in [1.165, 1.54) is 0 Å². The first-order valence-electron chi connectivity index (χ1n) is 10.2. The number of nitrogens with zero attached hydrogens (tertiary/aromatic N) is 2. The highest BCUT2D eigenvalue weighted by atomic mass is 14.7. The largest absolute Gasteiger partial charge is 0.325 e. The van der Waals surface area contributed by atoms with Gasteiger partial charge in [-0.1, -0.05) is 69.0 Å². The maximum Gasteiger partial charge on any atom is 0.0716 e. The van der Waals surface area contributed by atoms with Gasteiger partial charge in [-0.15, -0.1) is 0 Å². The van der Waals surface area contributed by atoms with Crippen LogP contribution in [0, 0.1) is 0 Å². The highest BCUT2D eigenvalue weighted by Gasteiger charge is 2.11. The minimum absolute atomic E-state index is 0.00761. The summed E-state index contributed by atoms with van der Waals surface area (Å²) in [7, 11) is 0. The summed E-state index contributed by atoms with van der Waals surface area (Å²) in [5.74, 6) is 0. The van der Waals surface area contributed by atoms with Crippen molar-refractivity contribution in [2.24, 2.45) is 5.73 Å². The first kappa shape index (κ1) is 22.3. The normalized spacial score (nSPS) is 14.8. The lowest BCUT2D eigenvalue weighted by Crippen LogP contribution is -2.09. The summed E-state index contributed by atoms with van der Waals surface area (Å²) in [6.07, 6.45) is 18.2. The average molecular weight is 386 g/mol. The zero-order valence-corrected chi connectivity index (χ0v) is 17.7. The van der Waals surface area contributed by atoms with E-state index in [0.717, 1.165) is 46.6 Å². The summed E-state index contributed by atoms with van der Waals surface area (Å²) in [6.45, 7) is 9.90. The third-order valence-corrected chi connectivity index (χ3v) is 4.28. The fourth-order valence-electron chi connectivity index (χ4n) is 2.90. The second kappa shape index (κ2) is 11.7. The van der Waals surface area contributed by atoms with Gasteiger partial charge in [-0.05, 0) is 55.2 Å². The van der Waals surface area contributed by atoms with Gasteiger partial charge < -0.3 is 5.73 Å². The second-order valence-corrected chi connectivity index (χ2v) is 6.55. The number of hydrogen-bond donors (Lipinski definition) is 1. The molecule has 2 heterocycles. The van der Waals surface area contributed by atoms with E-state index in [4.69, 9.17) is 10.7 Å². The smallest absolute Gasteiger partial charge is 0.0716 e. The van der Waals surface area contributed by atoms with Crippen LogP contribution in [0.1, 0.15) is 45.0 Å². The molecular weight excluding hydrogens is 354 g/mol. The molecule has 0 amide bonds. The van der Waals surface area contributed by atoms with Crippen molar-refractivity contribution in [1.29, 1.82) is 0 Å². The number of nitrogens with two attached hydrogens (primary N) is 1. The van der Waals surface area contributed by atoms with Crippen LogP contribution in [0.25, 0.3) is 22.4 Å². The summed E-state index contributed by atoms with van der Waals surface area (Å²) >= 11 is 0. The molecule has 1 aliphatic carbocycles. The van der Waals surface area contributed by atoms with Gasteiger partial charge in [0, 0.05) is 17.8 Å². The molecule has 3 heteroatoms. The molecule has 0 fully saturated rings. The Morgan fingerprint density at radius 1 is 1.17 bits per heavy atom. The quantitative estimate of drug-likeness (QED) is 0.587. The van der Waals surface area contributed by atoms with Crippen LogP contribution in [0.15, 0.2) is 85.6 Å². The molecule has 2 aromatic heterocycles. The summed E-state index contributed by atoms with van der Waals surface area (Å²) < 4.78 is 0. The zero-order valence-electron chi connectivity index (χ0n) is 17.7. The Kier molecular flexibility index (Phi) is 9.00. The van der Waals surface area contributed by atoms with Gasteiger partial charge in [-0.2, -0.15) is 0 Å². The maximum atomic E-state index is 5.80. The van der Waals surface area contributed by atoms with E-state index in [0.29, 0.717) is 0 Å². The molecule has 0 saturated carbocycles. The van der Waals surface area contributed by atoms with E-state index >= 15 is 0 Å².